The summed E-state index contributed by atoms with van der Waals surface area (Å²) < 4.78 is 37.0. The normalized spacial score (nSPS) is 15.2. The van der Waals surface area contributed by atoms with Gasteiger partial charge in [-0.1, -0.05) is 6.92 Å². The van der Waals surface area contributed by atoms with E-state index in [1.807, 2.05) is 0 Å². The van der Waals surface area contributed by atoms with Crippen molar-refractivity contribution in [1.29, 1.82) is 0 Å². The van der Waals surface area contributed by atoms with E-state index in [-0.39, 0.29) is 16.7 Å². The fourth-order valence-electron chi connectivity index (χ4n) is 1.25. The van der Waals surface area contributed by atoms with Crippen molar-refractivity contribution in [3.05, 3.63) is 28.7 Å². The number of sulfonamides is 1. The summed E-state index contributed by atoms with van der Waals surface area (Å²) in [5, 5.41) is -0.0956. The average Bonchev–Trinajstić information content (AvgIpc) is 2.28. The molecule has 1 aromatic heterocycles. The molecule has 102 valence electrons. The minimum absolute atomic E-state index is 0.0956. The van der Waals surface area contributed by atoms with Crippen LogP contribution >= 0.6 is 0 Å². The number of rotatable bonds is 6. The van der Waals surface area contributed by atoms with Gasteiger partial charge in [0.25, 0.3) is 0 Å². The Morgan fingerprint density at radius 1 is 1.50 bits per heavy atom. The van der Waals surface area contributed by atoms with Gasteiger partial charge in [-0.25, -0.2) is 13.1 Å². The van der Waals surface area contributed by atoms with Crippen LogP contribution in [0.5, 0.6) is 0 Å². The maximum atomic E-state index is 11.8. The summed E-state index contributed by atoms with van der Waals surface area (Å²) >= 11 is 0. The second kappa shape index (κ2) is 6.26. The van der Waals surface area contributed by atoms with Crippen LogP contribution in [0.3, 0.4) is 0 Å². The lowest BCUT2D eigenvalue weighted by Gasteiger charge is -2.09. The van der Waals surface area contributed by atoms with Crippen LogP contribution in [0.25, 0.3) is 0 Å². The summed E-state index contributed by atoms with van der Waals surface area (Å²) in [6.07, 6.45) is 4.53. The Morgan fingerprint density at radius 3 is 2.72 bits per heavy atom. The highest BCUT2D eigenvalue weighted by Gasteiger charge is 2.17. The Balaban J connectivity index is 2.70. The number of H-pyrrole nitrogens is 1. The molecule has 18 heavy (non-hydrogen) atoms. The zero-order chi connectivity index (χ0) is 13.8. The zero-order valence-corrected chi connectivity index (χ0v) is 11.8. The van der Waals surface area contributed by atoms with Crippen molar-refractivity contribution < 1.29 is 12.6 Å². The summed E-state index contributed by atoms with van der Waals surface area (Å²) in [5.41, 5.74) is -0.562. The summed E-state index contributed by atoms with van der Waals surface area (Å²) in [6.45, 7) is 1.93. The van der Waals surface area contributed by atoms with Gasteiger partial charge in [0.1, 0.15) is 4.90 Å². The maximum Gasteiger partial charge on any atom is 0.245 e. The molecule has 0 spiro atoms. The van der Waals surface area contributed by atoms with Crippen molar-refractivity contribution >= 4 is 20.8 Å². The predicted molar refractivity (Wildman–Crippen MR) is 70.4 cm³/mol. The van der Waals surface area contributed by atoms with Gasteiger partial charge < -0.3 is 4.98 Å². The summed E-state index contributed by atoms with van der Waals surface area (Å²) in [7, 11) is -4.80. The molecule has 0 aliphatic carbocycles. The van der Waals surface area contributed by atoms with Gasteiger partial charge in [0.2, 0.25) is 15.5 Å². The fourth-order valence-corrected chi connectivity index (χ4v) is 2.80. The molecule has 1 rings (SSSR count). The van der Waals surface area contributed by atoms with E-state index in [2.05, 4.69) is 9.71 Å². The van der Waals surface area contributed by atoms with E-state index in [1.165, 1.54) is 6.20 Å². The smallest absolute Gasteiger partial charge is 0.245 e. The molecule has 2 unspecified atom stereocenters. The van der Waals surface area contributed by atoms with E-state index in [4.69, 9.17) is 0 Å². The van der Waals surface area contributed by atoms with E-state index < -0.39 is 26.3 Å². The van der Waals surface area contributed by atoms with Gasteiger partial charge in [-0.05, 0) is 6.42 Å². The van der Waals surface area contributed by atoms with Gasteiger partial charge in [0.05, 0.1) is 0 Å². The molecule has 0 fully saturated rings. The van der Waals surface area contributed by atoms with Crippen molar-refractivity contribution in [2.75, 3.05) is 12.8 Å². The Hall–Kier alpha value is -0.990. The van der Waals surface area contributed by atoms with Crippen LogP contribution in [0, 0.1) is 0 Å². The first-order valence-corrected chi connectivity index (χ1v) is 8.44. The first-order valence-electron chi connectivity index (χ1n) is 5.33. The number of hydrogen-bond acceptors (Lipinski definition) is 4. The molecule has 0 radical (unpaired) electrons. The molecule has 0 saturated carbocycles. The molecular formula is C10H16N2O4S2. The van der Waals surface area contributed by atoms with Gasteiger partial charge in [0.15, 0.2) is 0 Å². The summed E-state index contributed by atoms with van der Waals surface area (Å²) in [6, 6.07) is 1.15. The topological polar surface area (TPSA) is 96.1 Å². The van der Waals surface area contributed by atoms with Crippen LogP contribution in [-0.2, 0) is 20.8 Å². The molecule has 1 heterocycles. The monoisotopic (exact) mass is 292 g/mol. The molecule has 0 aliphatic rings. The molecule has 0 bridgehead atoms. The minimum atomic E-state index is -3.81. The third kappa shape index (κ3) is 4.04. The number of nitrogens with one attached hydrogen (secondary N) is 2. The Bertz CT molecular complexity index is 580. The van der Waals surface area contributed by atoms with Crippen molar-refractivity contribution in [1.82, 2.24) is 9.71 Å². The van der Waals surface area contributed by atoms with Crippen LogP contribution in [0.1, 0.15) is 13.3 Å². The molecule has 6 nitrogen and oxygen atoms in total. The first kappa shape index (κ1) is 15.1. The van der Waals surface area contributed by atoms with Crippen LogP contribution in [-0.4, -0.2) is 35.7 Å². The SMILES string of the molecule is CC(CCNS(=O)(=O)c1c[nH]ccc1=O)S(C)=O. The molecule has 0 saturated heterocycles. The van der Waals surface area contributed by atoms with E-state index in [0.717, 1.165) is 12.3 Å². The Labute approximate surface area is 108 Å². The predicted octanol–water partition coefficient (Wildman–Crippen LogP) is -0.190. The van der Waals surface area contributed by atoms with E-state index in [9.17, 15) is 17.4 Å². The quantitative estimate of drug-likeness (QED) is 0.759. The standard InChI is InChI=1S/C10H16N2O4S2/c1-8(17(2)14)3-6-12-18(15,16)10-7-11-5-4-9(10)13/h4-5,7-8,12H,3,6H2,1-2H3,(H,11,13). The van der Waals surface area contributed by atoms with Crippen molar-refractivity contribution in [3.63, 3.8) is 0 Å². The number of aromatic nitrogens is 1. The lowest BCUT2D eigenvalue weighted by Crippen LogP contribution is -2.30. The van der Waals surface area contributed by atoms with E-state index in [1.54, 1.807) is 13.2 Å². The number of hydrogen-bond donors (Lipinski definition) is 2. The molecule has 0 aromatic carbocycles. The van der Waals surface area contributed by atoms with Crippen molar-refractivity contribution in [2.45, 2.75) is 23.5 Å². The molecular weight excluding hydrogens is 276 g/mol. The Morgan fingerprint density at radius 2 is 2.17 bits per heavy atom. The highest BCUT2D eigenvalue weighted by molar-refractivity contribution is 7.89. The number of pyridine rings is 1. The highest BCUT2D eigenvalue weighted by Crippen LogP contribution is 2.02. The van der Waals surface area contributed by atoms with Gasteiger partial charge >= 0.3 is 0 Å². The highest BCUT2D eigenvalue weighted by atomic mass is 32.2. The fraction of sp³-hybridized carbons (Fsp3) is 0.500. The molecule has 0 aliphatic heterocycles. The largest absolute Gasteiger partial charge is 0.366 e. The molecule has 2 atom stereocenters. The van der Waals surface area contributed by atoms with Crippen molar-refractivity contribution in [2.24, 2.45) is 0 Å². The van der Waals surface area contributed by atoms with Crippen LogP contribution in [0.15, 0.2) is 28.2 Å². The van der Waals surface area contributed by atoms with E-state index in [0.29, 0.717) is 6.42 Å². The van der Waals surface area contributed by atoms with Crippen LogP contribution in [0.4, 0.5) is 0 Å². The van der Waals surface area contributed by atoms with Crippen LogP contribution in [0.2, 0.25) is 0 Å². The zero-order valence-electron chi connectivity index (χ0n) is 10.2. The first-order chi connectivity index (χ1) is 8.34. The lowest BCUT2D eigenvalue weighted by atomic mass is 10.3. The van der Waals surface area contributed by atoms with Gasteiger partial charge in [-0.3, -0.25) is 9.00 Å². The summed E-state index contributed by atoms with van der Waals surface area (Å²) in [4.78, 5) is 13.6. The summed E-state index contributed by atoms with van der Waals surface area (Å²) in [5.74, 6) is 0. The molecule has 8 heteroatoms. The van der Waals surface area contributed by atoms with Gasteiger partial charge in [-0.15, -0.1) is 0 Å². The third-order valence-electron chi connectivity index (χ3n) is 2.49. The average molecular weight is 292 g/mol. The third-order valence-corrected chi connectivity index (χ3v) is 5.34. The second-order valence-corrected chi connectivity index (χ2v) is 7.41. The van der Waals surface area contributed by atoms with Gasteiger partial charge in [0, 0.05) is 47.3 Å². The Kier molecular flexibility index (Phi) is 5.24. The minimum Gasteiger partial charge on any atom is -0.366 e. The van der Waals surface area contributed by atoms with E-state index >= 15 is 0 Å². The van der Waals surface area contributed by atoms with Crippen molar-refractivity contribution in [3.8, 4) is 0 Å². The lowest BCUT2D eigenvalue weighted by molar-refractivity contribution is 0.576. The number of aromatic amines is 1. The molecule has 2 N–H and O–H groups in total. The molecule has 1 aromatic rings. The maximum absolute atomic E-state index is 11.8. The van der Waals surface area contributed by atoms with Crippen LogP contribution < -0.4 is 10.2 Å². The molecule has 0 amide bonds. The second-order valence-electron chi connectivity index (χ2n) is 3.87. The van der Waals surface area contributed by atoms with Gasteiger partial charge in [-0.2, -0.15) is 0 Å².